The maximum Gasteiger partial charge on any atom is 0.138 e. The van der Waals surface area contributed by atoms with Crippen molar-refractivity contribution in [2.24, 2.45) is 0 Å². The van der Waals surface area contributed by atoms with Crippen LogP contribution in [0.4, 0.5) is 0 Å². The molecule has 0 fully saturated rings. The molecule has 2 aromatic heterocycles. The lowest BCUT2D eigenvalue weighted by Crippen LogP contribution is -2.25. The highest BCUT2D eigenvalue weighted by atomic mass is 32.1. The third-order valence-electron chi connectivity index (χ3n) is 3.36. The van der Waals surface area contributed by atoms with E-state index in [2.05, 4.69) is 52.7 Å². The molecule has 0 radical (unpaired) electrons. The Labute approximate surface area is 130 Å². The molecule has 0 spiro atoms. The lowest BCUT2D eigenvalue weighted by Gasteiger charge is -2.18. The Bertz CT molecular complexity index is 547. The van der Waals surface area contributed by atoms with Crippen molar-refractivity contribution in [1.29, 1.82) is 0 Å². The van der Waals surface area contributed by atoms with Crippen LogP contribution in [0.25, 0.3) is 0 Å². The van der Waals surface area contributed by atoms with Crippen LogP contribution in [-0.4, -0.2) is 30.9 Å². The highest BCUT2D eigenvalue weighted by Crippen LogP contribution is 2.25. The SMILES string of the molecule is CCCc1nnsc1C(Cc1ncnn1C(C)C)NCC. The Kier molecular flexibility index (Phi) is 5.81. The zero-order chi connectivity index (χ0) is 15.2. The van der Waals surface area contributed by atoms with Crippen molar-refractivity contribution in [3.05, 3.63) is 22.7 Å². The van der Waals surface area contributed by atoms with Gasteiger partial charge < -0.3 is 5.32 Å². The molecule has 0 aliphatic heterocycles. The van der Waals surface area contributed by atoms with E-state index in [4.69, 9.17) is 0 Å². The molecule has 6 nitrogen and oxygen atoms in total. The van der Waals surface area contributed by atoms with Gasteiger partial charge in [-0.2, -0.15) is 5.10 Å². The maximum absolute atomic E-state index is 4.42. The summed E-state index contributed by atoms with van der Waals surface area (Å²) in [5.74, 6) is 1.01. The van der Waals surface area contributed by atoms with Gasteiger partial charge in [-0.1, -0.05) is 24.8 Å². The first-order valence-electron chi connectivity index (χ1n) is 7.60. The van der Waals surface area contributed by atoms with Crippen molar-refractivity contribution in [2.75, 3.05) is 6.54 Å². The molecular formula is C14H24N6S. The minimum atomic E-state index is 0.207. The van der Waals surface area contributed by atoms with Crippen LogP contribution in [-0.2, 0) is 12.8 Å². The zero-order valence-corrected chi connectivity index (χ0v) is 14.0. The maximum atomic E-state index is 4.42. The Morgan fingerprint density at radius 3 is 2.81 bits per heavy atom. The second kappa shape index (κ2) is 7.61. The average molecular weight is 308 g/mol. The first-order valence-corrected chi connectivity index (χ1v) is 8.37. The molecule has 0 saturated carbocycles. The van der Waals surface area contributed by atoms with Gasteiger partial charge in [0.05, 0.1) is 16.6 Å². The molecule has 7 heteroatoms. The summed E-state index contributed by atoms with van der Waals surface area (Å²) < 4.78 is 6.12. The summed E-state index contributed by atoms with van der Waals surface area (Å²) >= 11 is 1.49. The van der Waals surface area contributed by atoms with Crippen LogP contribution in [0.1, 0.15) is 62.6 Å². The van der Waals surface area contributed by atoms with Crippen LogP contribution in [0.3, 0.4) is 0 Å². The van der Waals surface area contributed by atoms with Gasteiger partial charge in [-0.25, -0.2) is 9.67 Å². The molecule has 0 saturated heterocycles. The average Bonchev–Trinajstić information content (AvgIpc) is 3.07. The van der Waals surface area contributed by atoms with Crippen LogP contribution in [0.2, 0.25) is 0 Å². The van der Waals surface area contributed by atoms with E-state index < -0.39 is 0 Å². The quantitative estimate of drug-likeness (QED) is 0.811. The zero-order valence-electron chi connectivity index (χ0n) is 13.2. The summed E-state index contributed by atoms with van der Waals surface area (Å²) in [4.78, 5) is 5.65. The van der Waals surface area contributed by atoms with E-state index in [-0.39, 0.29) is 6.04 Å². The first-order chi connectivity index (χ1) is 10.2. The summed E-state index contributed by atoms with van der Waals surface area (Å²) in [6.07, 6.45) is 4.51. The Balaban J connectivity index is 2.22. The molecule has 0 aliphatic carbocycles. The summed E-state index contributed by atoms with van der Waals surface area (Å²) in [5, 5.41) is 12.1. The van der Waals surface area contributed by atoms with E-state index in [1.54, 1.807) is 6.33 Å². The lowest BCUT2D eigenvalue weighted by atomic mass is 10.1. The van der Waals surface area contributed by atoms with Gasteiger partial charge in [-0.15, -0.1) is 5.10 Å². The van der Waals surface area contributed by atoms with Gasteiger partial charge >= 0.3 is 0 Å². The predicted molar refractivity (Wildman–Crippen MR) is 84.4 cm³/mol. The molecule has 1 N–H and O–H groups in total. The monoisotopic (exact) mass is 308 g/mol. The number of hydrogen-bond acceptors (Lipinski definition) is 6. The topological polar surface area (TPSA) is 68.5 Å². The van der Waals surface area contributed by atoms with Gasteiger partial charge in [0.15, 0.2) is 0 Å². The van der Waals surface area contributed by atoms with E-state index >= 15 is 0 Å². The molecule has 21 heavy (non-hydrogen) atoms. The van der Waals surface area contributed by atoms with E-state index in [1.807, 2.05) is 4.68 Å². The largest absolute Gasteiger partial charge is 0.309 e. The molecule has 2 heterocycles. The summed E-state index contributed by atoms with van der Waals surface area (Å²) in [7, 11) is 0. The minimum Gasteiger partial charge on any atom is -0.309 e. The van der Waals surface area contributed by atoms with E-state index in [0.717, 1.165) is 37.3 Å². The molecule has 2 rings (SSSR count). The van der Waals surface area contributed by atoms with Gasteiger partial charge in [-0.05, 0) is 38.3 Å². The Hall–Kier alpha value is -1.34. The number of nitrogens with zero attached hydrogens (tertiary/aromatic N) is 5. The summed E-state index contributed by atoms with van der Waals surface area (Å²) in [6, 6.07) is 0.526. The highest BCUT2D eigenvalue weighted by molar-refractivity contribution is 7.05. The van der Waals surface area contributed by atoms with Gasteiger partial charge in [-0.3, -0.25) is 0 Å². The number of nitrogens with one attached hydrogen (secondary N) is 1. The standard InChI is InChI=1S/C14H24N6S/c1-5-7-11-14(21-19-18-11)12(15-6-2)8-13-16-9-17-20(13)10(3)4/h9-10,12,15H,5-8H2,1-4H3. The van der Waals surface area contributed by atoms with E-state index in [9.17, 15) is 0 Å². The van der Waals surface area contributed by atoms with Crippen molar-refractivity contribution >= 4 is 11.5 Å². The molecule has 116 valence electrons. The second-order valence-electron chi connectivity index (χ2n) is 5.36. The number of aromatic nitrogens is 5. The Morgan fingerprint density at radius 1 is 1.33 bits per heavy atom. The molecule has 2 aromatic rings. The van der Waals surface area contributed by atoms with Gasteiger partial charge in [0, 0.05) is 12.5 Å². The second-order valence-corrected chi connectivity index (χ2v) is 6.15. The predicted octanol–water partition coefficient (Wildman–Crippen LogP) is 2.56. The lowest BCUT2D eigenvalue weighted by molar-refractivity contribution is 0.469. The van der Waals surface area contributed by atoms with E-state index in [1.165, 1.54) is 16.4 Å². The normalized spacial score (nSPS) is 13.0. The van der Waals surface area contributed by atoms with Gasteiger partial charge in [0.2, 0.25) is 0 Å². The Morgan fingerprint density at radius 2 is 2.14 bits per heavy atom. The van der Waals surface area contributed by atoms with Crippen molar-refractivity contribution < 1.29 is 0 Å². The van der Waals surface area contributed by atoms with Crippen LogP contribution in [0, 0.1) is 0 Å². The van der Waals surface area contributed by atoms with Crippen LogP contribution in [0.5, 0.6) is 0 Å². The first kappa shape index (κ1) is 16.0. The minimum absolute atomic E-state index is 0.207. The van der Waals surface area contributed by atoms with Gasteiger partial charge in [0.25, 0.3) is 0 Å². The fourth-order valence-electron chi connectivity index (χ4n) is 2.43. The van der Waals surface area contributed by atoms with E-state index in [0.29, 0.717) is 6.04 Å². The van der Waals surface area contributed by atoms with Crippen LogP contribution < -0.4 is 5.32 Å². The molecule has 0 amide bonds. The van der Waals surface area contributed by atoms with Crippen molar-refractivity contribution in [3.8, 4) is 0 Å². The summed E-state index contributed by atoms with van der Waals surface area (Å²) in [6.45, 7) is 9.44. The number of aryl methyl sites for hydroxylation is 1. The number of likely N-dealkylation sites (N-methyl/N-ethyl adjacent to an activating group) is 1. The van der Waals surface area contributed by atoms with Crippen molar-refractivity contribution in [1.82, 2.24) is 29.7 Å². The molecule has 0 aromatic carbocycles. The third kappa shape index (κ3) is 3.85. The molecule has 0 bridgehead atoms. The third-order valence-corrected chi connectivity index (χ3v) is 4.24. The highest BCUT2D eigenvalue weighted by Gasteiger charge is 2.21. The number of hydrogen-bond donors (Lipinski definition) is 1. The molecule has 1 unspecified atom stereocenters. The molecule has 1 atom stereocenters. The van der Waals surface area contributed by atoms with Crippen molar-refractivity contribution in [3.63, 3.8) is 0 Å². The fraction of sp³-hybridized carbons (Fsp3) is 0.714. The van der Waals surface area contributed by atoms with Crippen LogP contribution >= 0.6 is 11.5 Å². The fourth-order valence-corrected chi connectivity index (χ4v) is 3.20. The smallest absolute Gasteiger partial charge is 0.138 e. The number of rotatable bonds is 8. The molecular weight excluding hydrogens is 284 g/mol. The molecule has 0 aliphatic rings. The summed E-state index contributed by atoms with van der Waals surface area (Å²) in [5.41, 5.74) is 1.11. The van der Waals surface area contributed by atoms with Crippen LogP contribution in [0.15, 0.2) is 6.33 Å². The van der Waals surface area contributed by atoms with Crippen molar-refractivity contribution in [2.45, 2.75) is 59.0 Å². The van der Waals surface area contributed by atoms with Gasteiger partial charge in [0.1, 0.15) is 12.2 Å².